The highest BCUT2D eigenvalue weighted by atomic mass is 16.3. The van der Waals surface area contributed by atoms with Gasteiger partial charge in [0.1, 0.15) is 11.3 Å². The van der Waals surface area contributed by atoms with Crippen LogP contribution >= 0.6 is 0 Å². The zero-order valence-corrected chi connectivity index (χ0v) is 20.4. The van der Waals surface area contributed by atoms with Crippen LogP contribution in [0.15, 0.2) is 30.6 Å². The fraction of sp³-hybridized carbons (Fsp3) is 0.538. The molecule has 0 amide bonds. The minimum Gasteiger partial charge on any atom is -0.396 e. The Bertz CT molecular complexity index is 1120. The summed E-state index contributed by atoms with van der Waals surface area (Å²) >= 11 is 0. The van der Waals surface area contributed by atoms with Crippen LogP contribution in [0.25, 0.3) is 10.9 Å². The van der Waals surface area contributed by atoms with Crippen LogP contribution in [0.1, 0.15) is 56.4 Å². The highest BCUT2D eigenvalue weighted by Crippen LogP contribution is 2.29. The van der Waals surface area contributed by atoms with Crippen molar-refractivity contribution in [1.82, 2.24) is 24.8 Å². The van der Waals surface area contributed by atoms with Crippen LogP contribution in [-0.4, -0.2) is 67.8 Å². The molecule has 9 heteroatoms. The van der Waals surface area contributed by atoms with E-state index in [1.165, 1.54) is 12.0 Å². The average molecular weight is 478 g/mol. The second-order valence-corrected chi connectivity index (χ2v) is 9.80. The Morgan fingerprint density at radius 3 is 2.51 bits per heavy atom. The molecule has 1 atom stereocenters. The third-order valence-electron chi connectivity index (χ3n) is 7.09. The van der Waals surface area contributed by atoms with Crippen LogP contribution < -0.4 is 10.2 Å². The molecule has 0 unspecified atom stereocenters. The average Bonchev–Trinajstić information content (AvgIpc) is 2.90. The largest absolute Gasteiger partial charge is 0.396 e. The lowest BCUT2D eigenvalue weighted by Gasteiger charge is -2.30. The molecule has 9 nitrogen and oxygen atoms in total. The lowest BCUT2D eigenvalue weighted by molar-refractivity contribution is 0.127. The first-order valence-electron chi connectivity index (χ1n) is 12.7. The van der Waals surface area contributed by atoms with E-state index in [4.69, 9.17) is 9.97 Å². The molecule has 5 heterocycles. The topological polar surface area (TPSA) is 111 Å². The molecule has 0 spiro atoms. The van der Waals surface area contributed by atoms with Gasteiger partial charge in [0.25, 0.3) is 0 Å². The lowest BCUT2D eigenvalue weighted by atomic mass is 9.98. The molecule has 0 aromatic carbocycles. The number of nitrogens with one attached hydrogen (secondary N) is 1. The zero-order chi connectivity index (χ0) is 24.2. The Kier molecular flexibility index (Phi) is 7.36. The molecule has 0 radical (unpaired) electrons. The standard InChI is InChI=1S/C26H35N7O2/c1-18(35)22-13-21-15-28-26(31-24(21)25(29-22)33-9-3-2-4-10-33)30-23-6-5-20(14-27-23)16-32-11-7-19(17-34)8-12-32/h5-6,13-15,18-19,34-35H,2-4,7-12,16-17H2,1H3,(H,27,28,30,31)/t18-/m1/s1. The number of likely N-dealkylation sites (tertiary alicyclic amines) is 1. The van der Waals surface area contributed by atoms with Crippen LogP contribution in [0.5, 0.6) is 0 Å². The van der Waals surface area contributed by atoms with Gasteiger partial charge in [-0.25, -0.2) is 19.9 Å². The Hall–Kier alpha value is -2.88. The molecule has 35 heavy (non-hydrogen) atoms. The highest BCUT2D eigenvalue weighted by Gasteiger charge is 2.20. The number of aromatic nitrogens is 4. The minimum absolute atomic E-state index is 0.296. The number of aliphatic hydroxyl groups excluding tert-OH is 2. The monoisotopic (exact) mass is 477 g/mol. The van der Waals surface area contributed by atoms with Crippen molar-refractivity contribution in [2.24, 2.45) is 5.92 Å². The Balaban J connectivity index is 1.32. The number of piperidine rings is 2. The van der Waals surface area contributed by atoms with Gasteiger partial charge in [0.2, 0.25) is 5.95 Å². The summed E-state index contributed by atoms with van der Waals surface area (Å²) < 4.78 is 0. The summed E-state index contributed by atoms with van der Waals surface area (Å²) in [6.07, 6.45) is 8.64. The van der Waals surface area contributed by atoms with E-state index in [-0.39, 0.29) is 0 Å². The maximum absolute atomic E-state index is 10.1. The van der Waals surface area contributed by atoms with E-state index >= 15 is 0 Å². The first-order chi connectivity index (χ1) is 17.1. The minimum atomic E-state index is -0.649. The maximum Gasteiger partial charge on any atom is 0.229 e. The Morgan fingerprint density at radius 2 is 1.83 bits per heavy atom. The number of pyridine rings is 2. The van der Waals surface area contributed by atoms with Gasteiger partial charge in [-0.15, -0.1) is 0 Å². The molecule has 3 aromatic heterocycles. The zero-order valence-electron chi connectivity index (χ0n) is 20.4. The van der Waals surface area contributed by atoms with Crippen molar-refractivity contribution in [2.75, 3.05) is 43.0 Å². The van der Waals surface area contributed by atoms with Crippen molar-refractivity contribution in [3.8, 4) is 0 Å². The van der Waals surface area contributed by atoms with Crippen molar-refractivity contribution < 1.29 is 10.2 Å². The van der Waals surface area contributed by atoms with Crippen LogP contribution in [0.4, 0.5) is 17.6 Å². The van der Waals surface area contributed by atoms with Gasteiger partial charge in [-0.1, -0.05) is 6.07 Å². The van der Waals surface area contributed by atoms with Crippen molar-refractivity contribution in [3.63, 3.8) is 0 Å². The number of fused-ring (bicyclic) bond motifs is 1. The molecule has 3 aromatic rings. The first kappa shape index (κ1) is 23.8. The molecule has 3 N–H and O–H groups in total. The van der Waals surface area contributed by atoms with Gasteiger partial charge in [0.15, 0.2) is 5.82 Å². The van der Waals surface area contributed by atoms with Crippen molar-refractivity contribution >= 4 is 28.5 Å². The first-order valence-corrected chi connectivity index (χ1v) is 12.7. The third kappa shape index (κ3) is 5.69. The number of hydrogen-bond acceptors (Lipinski definition) is 9. The van der Waals surface area contributed by atoms with E-state index in [0.717, 1.165) is 75.1 Å². The Morgan fingerprint density at radius 1 is 1.03 bits per heavy atom. The highest BCUT2D eigenvalue weighted by molar-refractivity contribution is 5.89. The van der Waals surface area contributed by atoms with E-state index in [0.29, 0.717) is 30.0 Å². The summed E-state index contributed by atoms with van der Waals surface area (Å²) in [6.45, 7) is 6.81. The Labute approximate surface area is 206 Å². The van der Waals surface area contributed by atoms with E-state index < -0.39 is 6.10 Å². The second kappa shape index (κ2) is 10.8. The predicted octanol–water partition coefficient (Wildman–Crippen LogP) is 3.41. The van der Waals surface area contributed by atoms with Crippen molar-refractivity contribution in [2.45, 2.75) is 51.7 Å². The number of aliphatic hydroxyl groups is 2. The van der Waals surface area contributed by atoms with Gasteiger partial charge >= 0.3 is 0 Å². The molecule has 2 saturated heterocycles. The molecule has 0 aliphatic carbocycles. The van der Waals surface area contributed by atoms with Crippen molar-refractivity contribution in [3.05, 3.63) is 41.9 Å². The van der Waals surface area contributed by atoms with Gasteiger partial charge in [-0.05, 0) is 75.7 Å². The fourth-order valence-corrected chi connectivity index (χ4v) is 4.93. The van der Waals surface area contributed by atoms with Crippen molar-refractivity contribution in [1.29, 1.82) is 0 Å². The molecular formula is C26H35N7O2. The summed E-state index contributed by atoms with van der Waals surface area (Å²) in [5.41, 5.74) is 2.59. The number of anilines is 3. The van der Waals surface area contributed by atoms with Crippen LogP contribution in [0.3, 0.4) is 0 Å². The van der Waals surface area contributed by atoms with Crippen LogP contribution in [0, 0.1) is 5.92 Å². The molecular weight excluding hydrogens is 442 g/mol. The van der Waals surface area contributed by atoms with Crippen LogP contribution in [0.2, 0.25) is 0 Å². The fourth-order valence-electron chi connectivity index (χ4n) is 4.93. The normalized spacial score (nSPS) is 18.7. The van der Waals surface area contributed by atoms with Gasteiger partial charge in [-0.3, -0.25) is 4.90 Å². The summed E-state index contributed by atoms with van der Waals surface area (Å²) in [7, 11) is 0. The summed E-state index contributed by atoms with van der Waals surface area (Å²) in [5.74, 6) is 2.44. The molecule has 2 aliphatic rings. The molecule has 2 aliphatic heterocycles. The molecule has 186 valence electrons. The third-order valence-corrected chi connectivity index (χ3v) is 7.09. The predicted molar refractivity (Wildman–Crippen MR) is 137 cm³/mol. The quantitative estimate of drug-likeness (QED) is 0.471. The van der Waals surface area contributed by atoms with E-state index in [1.54, 1.807) is 13.1 Å². The molecule has 0 saturated carbocycles. The molecule has 5 rings (SSSR count). The second-order valence-electron chi connectivity index (χ2n) is 9.80. The van der Waals surface area contributed by atoms with Crippen LogP contribution in [-0.2, 0) is 6.54 Å². The van der Waals surface area contributed by atoms with Gasteiger partial charge < -0.3 is 20.4 Å². The smallest absolute Gasteiger partial charge is 0.229 e. The van der Waals surface area contributed by atoms with Gasteiger partial charge in [-0.2, -0.15) is 0 Å². The molecule has 0 bridgehead atoms. The summed E-state index contributed by atoms with van der Waals surface area (Å²) in [6, 6.07) is 5.92. The lowest BCUT2D eigenvalue weighted by Crippen LogP contribution is -2.34. The van der Waals surface area contributed by atoms with Gasteiger partial charge in [0, 0.05) is 44.0 Å². The van der Waals surface area contributed by atoms with E-state index in [1.807, 2.05) is 18.3 Å². The number of hydrogen-bond donors (Lipinski definition) is 3. The van der Waals surface area contributed by atoms with Gasteiger partial charge in [0.05, 0.1) is 11.8 Å². The SMILES string of the molecule is C[C@@H](O)c1cc2cnc(Nc3ccc(CN4CCC(CO)CC4)cn3)nc2c(N2CCCCC2)n1. The number of nitrogens with zero attached hydrogens (tertiary/aromatic N) is 6. The molecule has 2 fully saturated rings. The maximum atomic E-state index is 10.1. The summed E-state index contributed by atoms with van der Waals surface area (Å²) in [4.78, 5) is 23.3. The number of rotatable bonds is 7. The van der Waals surface area contributed by atoms with E-state index in [9.17, 15) is 10.2 Å². The summed E-state index contributed by atoms with van der Waals surface area (Å²) in [5, 5.41) is 23.6. The van der Waals surface area contributed by atoms with E-state index in [2.05, 4.69) is 31.2 Å².